The molecule has 1 aromatic heterocycles. The summed E-state index contributed by atoms with van der Waals surface area (Å²) in [7, 11) is 0. The van der Waals surface area contributed by atoms with Gasteiger partial charge in [0.2, 0.25) is 0 Å². The monoisotopic (exact) mass is 523 g/mol. The third-order valence-electron chi connectivity index (χ3n) is 3.57. The van der Waals surface area contributed by atoms with Crippen LogP contribution in [0.1, 0.15) is 19.8 Å². The van der Waals surface area contributed by atoms with E-state index >= 15 is 0 Å². The topological polar surface area (TPSA) is 52.6 Å². The average molecular weight is 523 g/mol. The minimum atomic E-state index is -4.14. The van der Waals surface area contributed by atoms with Crippen molar-refractivity contribution in [3.8, 4) is 0 Å². The van der Waals surface area contributed by atoms with E-state index in [9.17, 15) is 13.2 Å². The highest BCUT2D eigenvalue weighted by Gasteiger charge is 2.34. The molecule has 5 nitrogen and oxygen atoms in total. The summed E-state index contributed by atoms with van der Waals surface area (Å²) in [5, 5.41) is 8.36. The second-order valence-electron chi connectivity index (χ2n) is 5.74. The van der Waals surface area contributed by atoms with E-state index in [4.69, 9.17) is 0 Å². The lowest BCUT2D eigenvalue weighted by atomic mass is 10.3. The summed E-state index contributed by atoms with van der Waals surface area (Å²) < 4.78 is 38.4. The predicted octanol–water partition coefficient (Wildman–Crippen LogP) is 3.44. The number of alkyl halides is 3. The van der Waals surface area contributed by atoms with E-state index in [1.54, 1.807) is 29.3 Å². The number of thioether (sulfide) groups is 1. The van der Waals surface area contributed by atoms with Crippen LogP contribution in [0, 0.1) is 0 Å². The second-order valence-corrected chi connectivity index (χ2v) is 7.98. The van der Waals surface area contributed by atoms with Crippen molar-refractivity contribution in [1.29, 1.82) is 0 Å². The number of thiazole rings is 1. The van der Waals surface area contributed by atoms with E-state index in [-0.39, 0.29) is 30.0 Å². The number of rotatable bonds is 8. The van der Waals surface area contributed by atoms with Gasteiger partial charge in [0.05, 0.1) is 6.54 Å². The zero-order chi connectivity index (χ0) is 18.1. The van der Waals surface area contributed by atoms with Gasteiger partial charge in [0.25, 0.3) is 0 Å². The fraction of sp³-hybridized carbons (Fsp3) is 0.733. The first-order valence-electron chi connectivity index (χ1n) is 8.32. The van der Waals surface area contributed by atoms with Crippen LogP contribution < -0.4 is 10.6 Å². The van der Waals surface area contributed by atoms with Crippen molar-refractivity contribution in [2.75, 3.05) is 38.5 Å². The van der Waals surface area contributed by atoms with Gasteiger partial charge in [-0.25, -0.2) is 4.98 Å². The van der Waals surface area contributed by atoms with E-state index in [1.807, 2.05) is 12.3 Å². The van der Waals surface area contributed by atoms with Crippen LogP contribution in [0.15, 0.2) is 20.9 Å². The number of aromatic nitrogens is 1. The van der Waals surface area contributed by atoms with Gasteiger partial charge in [-0.3, -0.25) is 9.89 Å². The largest absolute Gasteiger partial charge is 0.401 e. The third-order valence-corrected chi connectivity index (χ3v) is 5.62. The van der Waals surface area contributed by atoms with Crippen molar-refractivity contribution in [2.45, 2.75) is 36.3 Å². The average Bonchev–Trinajstić information content (AvgIpc) is 3.17. The molecule has 0 saturated carbocycles. The van der Waals surface area contributed by atoms with Crippen LogP contribution >= 0.6 is 47.1 Å². The summed E-state index contributed by atoms with van der Waals surface area (Å²) in [6.07, 6.45) is -0.726. The molecule has 2 heterocycles. The van der Waals surface area contributed by atoms with E-state index in [2.05, 4.69) is 20.6 Å². The number of hydrogen-bond acceptors (Lipinski definition) is 5. The minimum Gasteiger partial charge on any atom is -0.357 e. The molecule has 0 radical (unpaired) electrons. The van der Waals surface area contributed by atoms with Crippen LogP contribution in [-0.4, -0.2) is 66.5 Å². The zero-order valence-corrected chi connectivity index (χ0v) is 18.6. The van der Waals surface area contributed by atoms with Crippen molar-refractivity contribution >= 4 is 53.0 Å². The van der Waals surface area contributed by atoms with Crippen molar-refractivity contribution < 1.29 is 13.2 Å². The molecule has 0 aliphatic carbocycles. The lowest BCUT2D eigenvalue weighted by molar-refractivity contribution is -0.143. The summed E-state index contributed by atoms with van der Waals surface area (Å²) in [5.41, 5.74) is 0. The molecule has 0 aromatic carbocycles. The number of guanidine groups is 1. The van der Waals surface area contributed by atoms with E-state index < -0.39 is 12.7 Å². The number of aliphatic imine (C=N–C) groups is 1. The summed E-state index contributed by atoms with van der Waals surface area (Å²) in [5.74, 6) is 1.62. The van der Waals surface area contributed by atoms with Crippen molar-refractivity contribution in [3.05, 3.63) is 11.6 Å². The first-order chi connectivity index (χ1) is 12.0. The van der Waals surface area contributed by atoms with Gasteiger partial charge >= 0.3 is 6.18 Å². The van der Waals surface area contributed by atoms with Gasteiger partial charge in [-0.05, 0) is 19.8 Å². The van der Waals surface area contributed by atoms with E-state index in [0.29, 0.717) is 32.0 Å². The number of nitrogens with one attached hydrogen (secondary N) is 2. The van der Waals surface area contributed by atoms with Crippen molar-refractivity contribution in [3.63, 3.8) is 0 Å². The molecule has 0 bridgehead atoms. The maximum absolute atomic E-state index is 12.5. The summed E-state index contributed by atoms with van der Waals surface area (Å²) >= 11 is 3.34. The van der Waals surface area contributed by atoms with Crippen LogP contribution in [-0.2, 0) is 0 Å². The lowest BCUT2D eigenvalue weighted by Crippen LogP contribution is -2.45. The van der Waals surface area contributed by atoms with Crippen molar-refractivity contribution in [1.82, 2.24) is 20.5 Å². The molecule has 1 aliphatic heterocycles. The lowest BCUT2D eigenvalue weighted by Gasteiger charge is -2.19. The van der Waals surface area contributed by atoms with Gasteiger partial charge in [-0.15, -0.1) is 35.3 Å². The molecular formula is C15H25F3IN5S2. The van der Waals surface area contributed by atoms with Crippen LogP contribution in [0.3, 0.4) is 0 Å². The normalized spacial score (nSPS) is 18.6. The first kappa shape index (κ1) is 23.8. The highest BCUT2D eigenvalue weighted by molar-refractivity contribution is 14.0. The van der Waals surface area contributed by atoms with Gasteiger partial charge in [-0.2, -0.15) is 13.2 Å². The summed E-state index contributed by atoms with van der Waals surface area (Å²) in [6, 6.07) is 0.00448. The molecule has 0 amide bonds. The zero-order valence-electron chi connectivity index (χ0n) is 14.6. The summed E-state index contributed by atoms with van der Waals surface area (Å²) in [4.78, 5) is 10.2. The number of likely N-dealkylation sites (tertiary alicyclic amines) is 1. The molecule has 1 atom stereocenters. The molecule has 1 unspecified atom stereocenters. The van der Waals surface area contributed by atoms with Gasteiger partial charge in [0.15, 0.2) is 5.96 Å². The fourth-order valence-corrected chi connectivity index (χ4v) is 4.19. The Hall–Kier alpha value is -0.270. The number of hydrogen-bond donors (Lipinski definition) is 2. The van der Waals surface area contributed by atoms with Crippen molar-refractivity contribution in [2.24, 2.45) is 4.99 Å². The fourth-order valence-electron chi connectivity index (χ4n) is 2.56. The highest BCUT2D eigenvalue weighted by atomic mass is 127. The standard InChI is InChI=1S/C15H24F3N5S2.HI/c1-2-19-13(20-5-3-8-24-14-21-6-9-25-14)22-12-4-7-23(10-12)11-15(16,17)18;/h6,9,12H,2-5,7-8,10-11H2,1H3,(H2,19,20,22);1H. The third kappa shape index (κ3) is 9.60. The molecule has 150 valence electrons. The molecule has 1 saturated heterocycles. The maximum atomic E-state index is 12.5. The quantitative estimate of drug-likeness (QED) is 0.180. The predicted molar refractivity (Wildman–Crippen MR) is 113 cm³/mol. The molecule has 2 N–H and O–H groups in total. The second kappa shape index (κ2) is 12.2. The smallest absolute Gasteiger partial charge is 0.357 e. The molecule has 0 spiro atoms. The van der Waals surface area contributed by atoms with Crippen LogP contribution in [0.2, 0.25) is 0 Å². The Bertz CT molecular complexity index is 528. The van der Waals surface area contributed by atoms with Crippen LogP contribution in [0.5, 0.6) is 0 Å². The number of halogens is 4. The Kier molecular flexibility index (Phi) is 11.2. The molecular weight excluding hydrogens is 498 g/mol. The number of nitrogens with zero attached hydrogens (tertiary/aromatic N) is 3. The Morgan fingerprint density at radius 1 is 1.50 bits per heavy atom. The molecule has 11 heteroatoms. The molecule has 2 rings (SSSR count). The molecule has 26 heavy (non-hydrogen) atoms. The Morgan fingerprint density at radius 3 is 2.96 bits per heavy atom. The van der Waals surface area contributed by atoms with E-state index in [1.165, 1.54) is 4.90 Å². The van der Waals surface area contributed by atoms with Crippen LogP contribution in [0.25, 0.3) is 0 Å². The van der Waals surface area contributed by atoms with Gasteiger partial charge in [0, 0.05) is 49.6 Å². The summed E-state index contributed by atoms with van der Waals surface area (Å²) in [6.45, 7) is 3.38. The maximum Gasteiger partial charge on any atom is 0.401 e. The van der Waals surface area contributed by atoms with E-state index in [0.717, 1.165) is 23.1 Å². The first-order valence-corrected chi connectivity index (χ1v) is 10.2. The molecule has 1 aromatic rings. The molecule has 1 fully saturated rings. The Balaban J connectivity index is 0.00000338. The highest BCUT2D eigenvalue weighted by Crippen LogP contribution is 2.21. The Morgan fingerprint density at radius 2 is 2.31 bits per heavy atom. The minimum absolute atomic E-state index is 0. The SMILES string of the molecule is CCNC(=NCCCSc1nccs1)NC1CCN(CC(F)(F)F)C1.I. The Labute approximate surface area is 177 Å². The molecule has 1 aliphatic rings. The van der Waals surface area contributed by atoms with Gasteiger partial charge < -0.3 is 10.6 Å². The van der Waals surface area contributed by atoms with Crippen LogP contribution in [0.4, 0.5) is 13.2 Å². The van der Waals surface area contributed by atoms with Gasteiger partial charge in [-0.1, -0.05) is 11.8 Å². The van der Waals surface area contributed by atoms with Gasteiger partial charge in [0.1, 0.15) is 4.34 Å².